The van der Waals surface area contributed by atoms with Crippen molar-refractivity contribution in [2.75, 3.05) is 4.90 Å². The molecule has 2 heterocycles. The van der Waals surface area contributed by atoms with E-state index in [1.807, 2.05) is 62.4 Å². The molecule has 0 spiro atoms. The Labute approximate surface area is 205 Å². The fraction of sp³-hybridized carbons (Fsp3) is 0.0645. The Morgan fingerprint density at radius 3 is 1.71 bits per heavy atom. The fourth-order valence-electron chi connectivity index (χ4n) is 4.17. The van der Waals surface area contributed by atoms with Crippen molar-refractivity contribution < 1.29 is 4.79 Å². The lowest BCUT2D eigenvalue weighted by atomic mass is 10.1. The van der Waals surface area contributed by atoms with Crippen LogP contribution in [-0.4, -0.2) is 5.91 Å². The Morgan fingerprint density at radius 1 is 0.676 bits per heavy atom. The van der Waals surface area contributed by atoms with Crippen LogP contribution in [0.2, 0.25) is 0 Å². The van der Waals surface area contributed by atoms with Crippen molar-refractivity contribution in [2.45, 2.75) is 13.8 Å². The van der Waals surface area contributed by atoms with E-state index in [9.17, 15) is 4.79 Å². The summed E-state index contributed by atoms with van der Waals surface area (Å²) in [4.78, 5) is 17.5. The van der Waals surface area contributed by atoms with Gasteiger partial charge in [-0.25, -0.2) is 0 Å². The van der Waals surface area contributed by atoms with Gasteiger partial charge in [-0.1, -0.05) is 96.7 Å². The predicted molar refractivity (Wildman–Crippen MR) is 145 cm³/mol. The topological polar surface area (TPSA) is 20.3 Å². The molecule has 0 fully saturated rings. The number of amides is 1. The number of hydrogen-bond donors (Lipinski definition) is 0. The Kier molecular flexibility index (Phi) is 6.20. The maximum atomic E-state index is 13.3. The molecular weight excluding hydrogens is 434 g/mol. The van der Waals surface area contributed by atoms with Crippen molar-refractivity contribution >= 4 is 33.2 Å². The number of rotatable bonds is 4. The van der Waals surface area contributed by atoms with E-state index >= 15 is 0 Å². The van der Waals surface area contributed by atoms with Crippen LogP contribution < -0.4 is 4.90 Å². The van der Waals surface area contributed by atoms with E-state index in [2.05, 4.69) is 66.8 Å². The second-order valence-electron chi connectivity index (χ2n) is 8.28. The summed E-state index contributed by atoms with van der Waals surface area (Å²) in [6.45, 7) is 4.03. The van der Waals surface area contributed by atoms with Crippen molar-refractivity contribution in [3.8, 4) is 0 Å². The highest BCUT2D eigenvalue weighted by Gasteiger charge is 2.30. The average Bonchev–Trinajstić information content (AvgIpc) is 3.11. The molecule has 34 heavy (non-hydrogen) atoms. The van der Waals surface area contributed by atoms with E-state index < -0.39 is 0 Å². The smallest absolute Gasteiger partial charge is 0.262 e. The molecule has 0 N–H and O–H groups in total. The highest BCUT2D eigenvalue weighted by Crippen LogP contribution is 2.44. The summed E-state index contributed by atoms with van der Waals surface area (Å²) in [6, 6.07) is 30.7. The minimum absolute atomic E-state index is 0.0164. The molecule has 2 nitrogen and oxygen atoms in total. The van der Waals surface area contributed by atoms with Gasteiger partial charge in [-0.2, -0.15) is 0 Å². The SMILES string of the molecule is CC1=C(C)N(c2ccccc2)C(=O)C1=CC=C1C=C(c2ccccc2)SC(c2ccccc2)=C1. The first kappa shape index (κ1) is 22.0. The van der Waals surface area contributed by atoms with E-state index in [-0.39, 0.29) is 5.91 Å². The Balaban J connectivity index is 1.54. The average molecular weight is 460 g/mol. The number of nitrogens with zero attached hydrogens (tertiary/aromatic N) is 1. The Morgan fingerprint density at radius 2 is 1.18 bits per heavy atom. The monoisotopic (exact) mass is 459 g/mol. The summed E-state index contributed by atoms with van der Waals surface area (Å²) in [5.41, 5.74) is 7.05. The molecule has 0 bridgehead atoms. The molecule has 0 aliphatic carbocycles. The third kappa shape index (κ3) is 4.35. The van der Waals surface area contributed by atoms with Gasteiger partial charge in [0.15, 0.2) is 0 Å². The molecule has 3 aromatic carbocycles. The number of carbonyl (C=O) groups is 1. The van der Waals surface area contributed by atoms with Crippen molar-refractivity contribution in [3.05, 3.63) is 149 Å². The Bertz CT molecular complexity index is 1320. The summed E-state index contributed by atoms with van der Waals surface area (Å²) in [7, 11) is 0. The molecule has 3 heteroatoms. The molecule has 166 valence electrons. The third-order valence-electron chi connectivity index (χ3n) is 6.10. The van der Waals surface area contributed by atoms with Crippen LogP contribution in [-0.2, 0) is 4.79 Å². The second kappa shape index (κ2) is 9.58. The van der Waals surface area contributed by atoms with Crippen molar-refractivity contribution in [1.82, 2.24) is 0 Å². The van der Waals surface area contributed by atoms with Gasteiger partial charge in [0.1, 0.15) is 0 Å². The van der Waals surface area contributed by atoms with Crippen molar-refractivity contribution in [3.63, 3.8) is 0 Å². The zero-order chi connectivity index (χ0) is 23.5. The van der Waals surface area contributed by atoms with E-state index in [1.54, 1.807) is 16.7 Å². The zero-order valence-corrected chi connectivity index (χ0v) is 20.0. The molecule has 3 aromatic rings. The van der Waals surface area contributed by atoms with Gasteiger partial charge in [-0.15, -0.1) is 0 Å². The van der Waals surface area contributed by atoms with E-state index in [0.717, 1.165) is 28.1 Å². The molecule has 0 aromatic heterocycles. The number of anilines is 1. The van der Waals surface area contributed by atoms with Crippen LogP contribution in [0.1, 0.15) is 25.0 Å². The molecule has 2 aliphatic rings. The number of carbonyl (C=O) groups excluding carboxylic acids is 1. The van der Waals surface area contributed by atoms with Gasteiger partial charge >= 0.3 is 0 Å². The van der Waals surface area contributed by atoms with Crippen LogP contribution in [0.4, 0.5) is 5.69 Å². The number of benzene rings is 3. The van der Waals surface area contributed by atoms with Crippen LogP contribution >= 0.6 is 11.8 Å². The molecule has 2 aliphatic heterocycles. The number of para-hydroxylation sites is 1. The maximum absolute atomic E-state index is 13.3. The first-order valence-corrected chi connectivity index (χ1v) is 12.1. The lowest BCUT2D eigenvalue weighted by Gasteiger charge is -2.18. The van der Waals surface area contributed by atoms with Crippen LogP contribution in [0.25, 0.3) is 9.81 Å². The predicted octanol–water partition coefficient (Wildman–Crippen LogP) is 8.01. The van der Waals surface area contributed by atoms with Crippen molar-refractivity contribution in [1.29, 1.82) is 0 Å². The quantitative estimate of drug-likeness (QED) is 0.368. The Hall–Kier alpha value is -3.82. The number of thioether (sulfide) groups is 1. The molecule has 1 amide bonds. The first-order valence-electron chi connectivity index (χ1n) is 11.3. The van der Waals surface area contributed by atoms with E-state index in [4.69, 9.17) is 0 Å². The molecular formula is C31H25NOS. The van der Waals surface area contributed by atoms with Gasteiger partial charge in [-0.3, -0.25) is 9.69 Å². The third-order valence-corrected chi connectivity index (χ3v) is 7.25. The van der Waals surface area contributed by atoms with Gasteiger partial charge in [-0.05, 0) is 66.5 Å². The van der Waals surface area contributed by atoms with Crippen LogP contribution in [0.15, 0.2) is 138 Å². The fourth-order valence-corrected chi connectivity index (χ4v) is 5.30. The largest absolute Gasteiger partial charge is 0.281 e. The van der Waals surface area contributed by atoms with Gasteiger partial charge < -0.3 is 0 Å². The molecule has 0 saturated heterocycles. The summed E-state index contributed by atoms with van der Waals surface area (Å²) in [6.07, 6.45) is 8.42. The first-order chi connectivity index (χ1) is 16.6. The minimum Gasteiger partial charge on any atom is -0.281 e. The zero-order valence-electron chi connectivity index (χ0n) is 19.2. The highest BCUT2D eigenvalue weighted by molar-refractivity contribution is 8.16. The maximum Gasteiger partial charge on any atom is 0.262 e. The number of hydrogen-bond acceptors (Lipinski definition) is 2. The molecule has 0 unspecified atom stereocenters. The lowest BCUT2D eigenvalue weighted by Crippen LogP contribution is -2.24. The summed E-state index contributed by atoms with van der Waals surface area (Å²) >= 11 is 1.77. The standard InChI is InChI=1S/C31H25NOS/c1-22-23(2)32(27-16-10-5-11-17-27)31(33)28(22)19-18-24-20-29(25-12-6-3-7-13-25)34-30(21-24)26-14-8-4-9-15-26/h3-21H,1-2H3. The van der Waals surface area contributed by atoms with Crippen LogP contribution in [0.3, 0.4) is 0 Å². The number of allylic oxidation sites excluding steroid dienone is 6. The van der Waals surface area contributed by atoms with E-state index in [1.165, 1.54) is 20.9 Å². The van der Waals surface area contributed by atoms with Crippen LogP contribution in [0.5, 0.6) is 0 Å². The second-order valence-corrected chi connectivity index (χ2v) is 9.37. The van der Waals surface area contributed by atoms with Gasteiger partial charge in [0.25, 0.3) is 5.91 Å². The van der Waals surface area contributed by atoms with Crippen LogP contribution in [0, 0.1) is 0 Å². The van der Waals surface area contributed by atoms with Gasteiger partial charge in [0.2, 0.25) is 0 Å². The lowest BCUT2D eigenvalue weighted by molar-refractivity contribution is -0.114. The molecule has 0 saturated carbocycles. The summed E-state index contributed by atoms with van der Waals surface area (Å²) in [5, 5.41) is 0. The molecule has 5 rings (SSSR count). The molecule has 0 radical (unpaired) electrons. The van der Waals surface area contributed by atoms with Gasteiger partial charge in [0, 0.05) is 26.8 Å². The van der Waals surface area contributed by atoms with Gasteiger partial charge in [0.05, 0.1) is 0 Å². The normalized spacial score (nSPS) is 17.2. The highest BCUT2D eigenvalue weighted by atomic mass is 32.2. The van der Waals surface area contributed by atoms with E-state index in [0.29, 0.717) is 0 Å². The summed E-state index contributed by atoms with van der Waals surface area (Å²) in [5.74, 6) is 0.0164. The minimum atomic E-state index is 0.0164. The van der Waals surface area contributed by atoms with Crippen molar-refractivity contribution in [2.24, 2.45) is 0 Å². The summed E-state index contributed by atoms with van der Waals surface area (Å²) < 4.78 is 0. The molecule has 0 atom stereocenters.